The van der Waals surface area contributed by atoms with Crippen molar-refractivity contribution in [2.45, 2.75) is 25.9 Å². The Hall–Kier alpha value is -3.76. The number of halogens is 1. The summed E-state index contributed by atoms with van der Waals surface area (Å²) < 4.78 is 16.2. The molecule has 0 radical (unpaired) electrons. The maximum absolute atomic E-state index is 11.4. The van der Waals surface area contributed by atoms with Crippen LogP contribution in [0, 0.1) is 18.8 Å². The summed E-state index contributed by atoms with van der Waals surface area (Å²) >= 11 is 6.14. The second-order valence-corrected chi connectivity index (χ2v) is 10.1. The number of aryl methyl sites for hydroxylation is 1. The van der Waals surface area contributed by atoms with Gasteiger partial charge in [-0.3, -0.25) is 4.90 Å². The van der Waals surface area contributed by atoms with Crippen LogP contribution in [0.1, 0.15) is 35.1 Å². The summed E-state index contributed by atoms with van der Waals surface area (Å²) in [6.07, 6.45) is 3.51. The van der Waals surface area contributed by atoms with Crippen molar-refractivity contribution < 1.29 is 24.1 Å². The second-order valence-electron chi connectivity index (χ2n) is 9.61. The number of aliphatic hydroxyl groups is 1. The number of carbonyl (C=O) groups is 1. The van der Waals surface area contributed by atoms with E-state index >= 15 is 0 Å². The highest BCUT2D eigenvalue weighted by molar-refractivity contribution is 6.30. The molecule has 3 aromatic rings. The zero-order chi connectivity index (χ0) is 28.3. The van der Waals surface area contributed by atoms with Crippen molar-refractivity contribution in [3.05, 3.63) is 100 Å². The van der Waals surface area contributed by atoms with Crippen molar-refractivity contribution in [2.24, 2.45) is 0 Å². The number of hydrogen-bond acceptors (Lipinski definition) is 6. The Labute approximate surface area is 241 Å². The number of esters is 1. The van der Waals surface area contributed by atoms with Crippen LogP contribution in [0.25, 0.3) is 5.57 Å². The van der Waals surface area contributed by atoms with Crippen LogP contribution in [0.5, 0.6) is 11.5 Å². The third-order valence-corrected chi connectivity index (χ3v) is 6.95. The van der Waals surface area contributed by atoms with Crippen molar-refractivity contribution in [1.29, 1.82) is 0 Å². The van der Waals surface area contributed by atoms with Gasteiger partial charge in [-0.25, -0.2) is 4.79 Å². The first-order valence-electron chi connectivity index (χ1n) is 13.3. The van der Waals surface area contributed by atoms with Crippen molar-refractivity contribution in [1.82, 2.24) is 4.90 Å². The van der Waals surface area contributed by atoms with Crippen LogP contribution in [-0.2, 0) is 9.53 Å². The molecule has 208 valence electrons. The van der Waals surface area contributed by atoms with Crippen LogP contribution < -0.4 is 9.47 Å². The van der Waals surface area contributed by atoms with E-state index in [4.69, 9.17) is 21.1 Å². The van der Waals surface area contributed by atoms with Gasteiger partial charge in [-0.05, 0) is 90.6 Å². The molecule has 0 aliphatic carbocycles. The lowest BCUT2D eigenvalue weighted by molar-refractivity contribution is -0.142. The van der Waals surface area contributed by atoms with Crippen molar-refractivity contribution in [3.8, 4) is 23.3 Å². The fourth-order valence-corrected chi connectivity index (χ4v) is 4.51. The lowest BCUT2D eigenvalue weighted by Gasteiger charge is -2.27. The van der Waals surface area contributed by atoms with E-state index in [-0.39, 0.29) is 12.7 Å². The Morgan fingerprint density at radius 1 is 1.02 bits per heavy atom. The van der Waals surface area contributed by atoms with Gasteiger partial charge in [0.15, 0.2) is 6.61 Å². The fourth-order valence-electron chi connectivity index (χ4n) is 4.39. The summed E-state index contributed by atoms with van der Waals surface area (Å²) in [5.74, 6) is 7.39. The lowest BCUT2D eigenvalue weighted by atomic mass is 9.97. The van der Waals surface area contributed by atoms with E-state index < -0.39 is 5.97 Å². The molecule has 6 nitrogen and oxygen atoms in total. The van der Waals surface area contributed by atoms with E-state index in [0.29, 0.717) is 29.7 Å². The zero-order valence-electron chi connectivity index (χ0n) is 22.9. The quantitative estimate of drug-likeness (QED) is 0.275. The van der Waals surface area contributed by atoms with Crippen LogP contribution >= 0.6 is 11.6 Å². The van der Waals surface area contributed by atoms with Gasteiger partial charge < -0.3 is 19.3 Å². The normalized spacial score (nSPS) is 14.2. The molecule has 1 aliphatic heterocycles. The number of benzene rings is 3. The molecule has 4 rings (SSSR count). The van der Waals surface area contributed by atoms with Gasteiger partial charge in [-0.2, -0.15) is 0 Å². The number of nitrogens with zero attached hydrogens (tertiary/aromatic N) is 1. The number of aliphatic hydroxyl groups excluding tert-OH is 1. The molecule has 0 unspecified atom stereocenters. The molecule has 1 aliphatic rings. The Morgan fingerprint density at radius 2 is 1.70 bits per heavy atom. The van der Waals surface area contributed by atoms with Gasteiger partial charge in [-0.1, -0.05) is 47.7 Å². The molecule has 0 atom stereocenters. The molecular weight excluding hydrogens is 526 g/mol. The number of hydrogen-bond donors (Lipinski definition) is 1. The van der Waals surface area contributed by atoms with Gasteiger partial charge >= 0.3 is 5.97 Å². The average molecular weight is 560 g/mol. The average Bonchev–Trinajstić information content (AvgIpc) is 2.97. The molecule has 0 aromatic heterocycles. The predicted octanol–water partition coefficient (Wildman–Crippen LogP) is 5.52. The van der Waals surface area contributed by atoms with Crippen molar-refractivity contribution in [2.75, 3.05) is 40.0 Å². The first-order chi connectivity index (χ1) is 19.4. The molecule has 0 amide bonds. The van der Waals surface area contributed by atoms with Gasteiger partial charge in [0.05, 0.1) is 19.8 Å². The highest BCUT2D eigenvalue weighted by Gasteiger charge is 2.15. The SMILES string of the molecule is COC(=O)COc1ccc(OCC=C(c2ccc(Cl)cc2)c2ccc(C#CCN3CCC(O)CC3)cc2)cc1C. The first kappa shape index (κ1) is 29.2. The molecule has 40 heavy (non-hydrogen) atoms. The minimum Gasteiger partial charge on any atom is -0.489 e. The van der Waals surface area contributed by atoms with E-state index in [1.54, 1.807) is 6.07 Å². The zero-order valence-corrected chi connectivity index (χ0v) is 23.6. The van der Waals surface area contributed by atoms with Crippen LogP contribution in [0.2, 0.25) is 5.02 Å². The highest BCUT2D eigenvalue weighted by Crippen LogP contribution is 2.27. The summed E-state index contributed by atoms with van der Waals surface area (Å²) in [5, 5.41) is 10.4. The Kier molecular flexibility index (Phi) is 10.7. The molecule has 1 N–H and O–H groups in total. The van der Waals surface area contributed by atoms with Crippen LogP contribution in [-0.4, -0.2) is 62.0 Å². The van der Waals surface area contributed by atoms with E-state index in [1.165, 1.54) is 7.11 Å². The van der Waals surface area contributed by atoms with E-state index in [0.717, 1.165) is 53.8 Å². The Morgan fingerprint density at radius 3 is 2.35 bits per heavy atom. The molecule has 3 aromatic carbocycles. The topological polar surface area (TPSA) is 68.2 Å². The maximum atomic E-state index is 11.4. The number of likely N-dealkylation sites (tertiary alicyclic amines) is 1. The van der Waals surface area contributed by atoms with Crippen LogP contribution in [0.3, 0.4) is 0 Å². The van der Waals surface area contributed by atoms with Crippen molar-refractivity contribution >= 4 is 23.1 Å². The smallest absolute Gasteiger partial charge is 0.343 e. The standard InChI is InChI=1S/C33H34ClNO5/c1-24-22-30(13-14-32(24)40-23-33(37)38-2)39-21-17-31(27-9-11-28(34)12-10-27)26-7-5-25(6-8-26)4-3-18-35-19-15-29(36)16-20-35/h5-14,17,22,29,36H,15-16,18-21,23H2,1-2H3. The van der Waals surface area contributed by atoms with Gasteiger partial charge in [0.2, 0.25) is 0 Å². The Bertz CT molecular complexity index is 1360. The molecule has 1 heterocycles. The largest absolute Gasteiger partial charge is 0.489 e. The van der Waals surface area contributed by atoms with E-state index in [9.17, 15) is 9.90 Å². The minimum atomic E-state index is -0.432. The molecular formula is C33H34ClNO5. The Balaban J connectivity index is 1.44. The minimum absolute atomic E-state index is 0.140. The van der Waals surface area contributed by atoms with Gasteiger partial charge in [0, 0.05) is 23.7 Å². The number of ether oxygens (including phenoxy) is 3. The fraction of sp³-hybridized carbons (Fsp3) is 0.303. The van der Waals surface area contributed by atoms with E-state index in [2.05, 4.69) is 33.6 Å². The molecule has 0 spiro atoms. The summed E-state index contributed by atoms with van der Waals surface area (Å²) in [6, 6.07) is 21.4. The second kappa shape index (κ2) is 14.6. The molecule has 7 heteroatoms. The molecule has 0 bridgehead atoms. The number of rotatable bonds is 9. The lowest BCUT2D eigenvalue weighted by Crippen LogP contribution is -2.35. The highest BCUT2D eigenvalue weighted by atomic mass is 35.5. The van der Waals surface area contributed by atoms with Gasteiger partial charge in [-0.15, -0.1) is 0 Å². The van der Waals surface area contributed by atoms with Crippen LogP contribution in [0.4, 0.5) is 0 Å². The molecule has 1 saturated heterocycles. The number of carbonyl (C=O) groups excluding carboxylic acids is 1. The van der Waals surface area contributed by atoms with Crippen molar-refractivity contribution in [3.63, 3.8) is 0 Å². The summed E-state index contributed by atoms with van der Waals surface area (Å²) in [7, 11) is 1.33. The maximum Gasteiger partial charge on any atom is 0.343 e. The monoisotopic (exact) mass is 559 g/mol. The van der Waals surface area contributed by atoms with Gasteiger partial charge in [0.25, 0.3) is 0 Å². The predicted molar refractivity (Wildman–Crippen MR) is 158 cm³/mol. The van der Waals surface area contributed by atoms with Crippen LogP contribution in [0.15, 0.2) is 72.8 Å². The van der Waals surface area contributed by atoms with E-state index in [1.807, 2.05) is 61.5 Å². The molecule has 1 fully saturated rings. The molecule has 0 saturated carbocycles. The summed E-state index contributed by atoms with van der Waals surface area (Å²) in [6.45, 7) is 4.60. The number of piperidine rings is 1. The third kappa shape index (κ3) is 8.62. The number of methoxy groups -OCH3 is 1. The third-order valence-electron chi connectivity index (χ3n) is 6.70. The summed E-state index contributed by atoms with van der Waals surface area (Å²) in [5.41, 5.74) is 4.92. The van der Waals surface area contributed by atoms with Gasteiger partial charge in [0.1, 0.15) is 18.1 Å². The first-order valence-corrected chi connectivity index (χ1v) is 13.7. The summed E-state index contributed by atoms with van der Waals surface area (Å²) in [4.78, 5) is 13.6.